The van der Waals surface area contributed by atoms with Gasteiger partial charge in [0.2, 0.25) is 8.32 Å². The topological polar surface area (TPSA) is 26.3 Å². The fourth-order valence-corrected chi connectivity index (χ4v) is 3.69. The minimum Gasteiger partial charge on any atom is -0.520 e. The maximum absolute atomic E-state index is 11.7. The Kier molecular flexibility index (Phi) is 2.99. The zero-order valence-electron chi connectivity index (χ0n) is 10.6. The minimum atomic E-state index is -1.69. The lowest BCUT2D eigenvalue weighted by Gasteiger charge is -2.24. The summed E-state index contributed by atoms with van der Waals surface area (Å²) in [6.07, 6.45) is 10.1. The molecule has 0 radical (unpaired) electrons. The molecule has 1 fully saturated rings. The van der Waals surface area contributed by atoms with Gasteiger partial charge in [-0.1, -0.05) is 12.2 Å². The predicted octanol–water partition coefficient (Wildman–Crippen LogP) is 3.50. The molecule has 0 spiro atoms. The smallest absolute Gasteiger partial charge is 0.292 e. The molecule has 0 heterocycles. The molecule has 2 atom stereocenters. The summed E-state index contributed by atoms with van der Waals surface area (Å²) in [5.74, 6) is 0.810. The zero-order chi connectivity index (χ0) is 11.8. The van der Waals surface area contributed by atoms with E-state index in [4.69, 9.17) is 4.43 Å². The summed E-state index contributed by atoms with van der Waals surface area (Å²) in [7, 11) is -1.69. The second kappa shape index (κ2) is 4.02. The third-order valence-corrected chi connectivity index (χ3v) is 4.49. The first kappa shape index (κ1) is 11.9. The highest BCUT2D eigenvalue weighted by atomic mass is 28.4. The normalized spacial score (nSPS) is 32.1. The van der Waals surface area contributed by atoms with Crippen LogP contribution in [0.3, 0.4) is 0 Å². The second-order valence-electron chi connectivity index (χ2n) is 6.31. The summed E-state index contributed by atoms with van der Waals surface area (Å²) in [6.45, 7) is 6.18. The van der Waals surface area contributed by atoms with Crippen LogP contribution in [-0.2, 0) is 9.22 Å². The van der Waals surface area contributed by atoms with E-state index in [2.05, 4.69) is 31.8 Å². The maximum Gasteiger partial charge on any atom is 0.292 e. The molecular formula is C13H22O2Si. The van der Waals surface area contributed by atoms with E-state index in [0.29, 0.717) is 11.8 Å². The van der Waals surface area contributed by atoms with Gasteiger partial charge in [0, 0.05) is 6.42 Å². The number of fused-ring (bicyclic) bond motifs is 2. The maximum atomic E-state index is 11.7. The van der Waals surface area contributed by atoms with Crippen LogP contribution in [0.25, 0.3) is 0 Å². The van der Waals surface area contributed by atoms with Crippen LogP contribution >= 0.6 is 0 Å². The van der Waals surface area contributed by atoms with Crippen LogP contribution in [0.1, 0.15) is 32.1 Å². The summed E-state index contributed by atoms with van der Waals surface area (Å²) in [5, 5.41) is 0. The van der Waals surface area contributed by atoms with Gasteiger partial charge < -0.3 is 4.43 Å². The van der Waals surface area contributed by atoms with E-state index in [0.717, 1.165) is 12.3 Å². The Labute approximate surface area is 99.2 Å². The third-order valence-electron chi connectivity index (χ3n) is 3.65. The van der Waals surface area contributed by atoms with E-state index < -0.39 is 8.32 Å². The molecule has 2 rings (SSSR count). The SMILES string of the molecule is C[Si](C)(C)OC(=O)CCC12C=CC(CC1)C2. The van der Waals surface area contributed by atoms with Gasteiger partial charge in [0.05, 0.1) is 0 Å². The molecule has 0 aliphatic heterocycles. The lowest BCUT2D eigenvalue weighted by atomic mass is 9.83. The molecule has 1 saturated carbocycles. The molecule has 3 heteroatoms. The van der Waals surface area contributed by atoms with Crippen LogP contribution in [-0.4, -0.2) is 14.3 Å². The Morgan fingerprint density at radius 2 is 2.25 bits per heavy atom. The average molecular weight is 238 g/mol. The fraction of sp³-hybridized carbons (Fsp3) is 0.769. The molecule has 0 aromatic carbocycles. The van der Waals surface area contributed by atoms with Crippen molar-refractivity contribution in [3.05, 3.63) is 12.2 Å². The van der Waals surface area contributed by atoms with Crippen molar-refractivity contribution in [2.75, 3.05) is 0 Å². The first-order valence-electron chi connectivity index (χ1n) is 6.30. The molecule has 0 aromatic heterocycles. The first-order chi connectivity index (χ1) is 7.39. The largest absolute Gasteiger partial charge is 0.520 e. The number of hydrogen-bond acceptors (Lipinski definition) is 2. The molecule has 2 unspecified atom stereocenters. The Balaban J connectivity index is 1.80. The standard InChI is InChI=1S/C13H22O2Si/c1-16(2,3)15-12(14)6-9-13-7-4-11(10-13)5-8-13/h4,7,11H,5-6,8-10H2,1-3H3. The van der Waals surface area contributed by atoms with E-state index in [1.807, 2.05) is 0 Å². The predicted molar refractivity (Wildman–Crippen MR) is 67.6 cm³/mol. The van der Waals surface area contributed by atoms with Gasteiger partial charge >= 0.3 is 0 Å². The highest BCUT2D eigenvalue weighted by molar-refractivity contribution is 6.71. The molecule has 0 aromatic rings. The summed E-state index contributed by atoms with van der Waals surface area (Å²) in [6, 6.07) is 0. The molecule has 0 N–H and O–H groups in total. The number of rotatable bonds is 4. The lowest BCUT2D eigenvalue weighted by molar-refractivity contribution is -0.135. The van der Waals surface area contributed by atoms with Crippen LogP contribution in [0.2, 0.25) is 19.6 Å². The number of carbonyl (C=O) groups excluding carboxylic acids is 1. The van der Waals surface area contributed by atoms with Crippen molar-refractivity contribution in [3.63, 3.8) is 0 Å². The highest BCUT2D eigenvalue weighted by Crippen LogP contribution is 2.51. The molecule has 0 saturated heterocycles. The van der Waals surface area contributed by atoms with Crippen molar-refractivity contribution in [1.29, 1.82) is 0 Å². The van der Waals surface area contributed by atoms with Gasteiger partial charge in [0.25, 0.3) is 5.97 Å². The quantitative estimate of drug-likeness (QED) is 0.553. The third kappa shape index (κ3) is 2.76. The van der Waals surface area contributed by atoms with E-state index in [9.17, 15) is 4.79 Å². The van der Waals surface area contributed by atoms with Crippen molar-refractivity contribution in [1.82, 2.24) is 0 Å². The number of allylic oxidation sites excluding steroid dienone is 2. The molecular weight excluding hydrogens is 216 g/mol. The van der Waals surface area contributed by atoms with Crippen molar-refractivity contribution < 1.29 is 9.22 Å². The van der Waals surface area contributed by atoms with E-state index in [-0.39, 0.29) is 5.97 Å². The average Bonchev–Trinajstić information content (AvgIpc) is 2.72. The molecule has 0 amide bonds. The fourth-order valence-electron chi connectivity index (χ4n) is 2.91. The summed E-state index contributed by atoms with van der Waals surface area (Å²) >= 11 is 0. The van der Waals surface area contributed by atoms with Crippen LogP contribution in [0, 0.1) is 11.3 Å². The number of carbonyl (C=O) groups is 1. The van der Waals surface area contributed by atoms with Gasteiger partial charge in [0.15, 0.2) is 0 Å². The second-order valence-corrected chi connectivity index (χ2v) is 10.7. The van der Waals surface area contributed by atoms with Crippen molar-refractivity contribution in [3.8, 4) is 0 Å². The summed E-state index contributed by atoms with van der Waals surface area (Å²) in [5.41, 5.74) is 0.350. The molecule has 2 aliphatic carbocycles. The summed E-state index contributed by atoms with van der Waals surface area (Å²) in [4.78, 5) is 11.7. The van der Waals surface area contributed by atoms with Crippen molar-refractivity contribution in [2.45, 2.75) is 51.7 Å². The van der Waals surface area contributed by atoms with Gasteiger partial charge in [0.1, 0.15) is 0 Å². The number of hydrogen-bond donors (Lipinski definition) is 0. The molecule has 90 valence electrons. The summed E-state index contributed by atoms with van der Waals surface area (Å²) < 4.78 is 5.48. The highest BCUT2D eigenvalue weighted by Gasteiger charge is 2.40. The molecule has 16 heavy (non-hydrogen) atoms. The van der Waals surface area contributed by atoms with Gasteiger partial charge in [-0.05, 0) is 56.7 Å². The monoisotopic (exact) mass is 238 g/mol. The van der Waals surface area contributed by atoms with E-state index in [1.54, 1.807) is 0 Å². The Hall–Kier alpha value is -0.573. The van der Waals surface area contributed by atoms with Crippen LogP contribution in [0.4, 0.5) is 0 Å². The minimum absolute atomic E-state index is 0.0114. The Bertz CT molecular complexity index is 316. The van der Waals surface area contributed by atoms with Crippen molar-refractivity contribution in [2.24, 2.45) is 11.3 Å². The van der Waals surface area contributed by atoms with Crippen LogP contribution in [0.5, 0.6) is 0 Å². The lowest BCUT2D eigenvalue weighted by Crippen LogP contribution is -2.29. The van der Waals surface area contributed by atoms with Gasteiger partial charge in [-0.25, -0.2) is 0 Å². The van der Waals surface area contributed by atoms with Crippen LogP contribution in [0.15, 0.2) is 12.2 Å². The van der Waals surface area contributed by atoms with Crippen molar-refractivity contribution >= 4 is 14.3 Å². The Morgan fingerprint density at radius 1 is 1.50 bits per heavy atom. The van der Waals surface area contributed by atoms with Gasteiger partial charge in [-0.3, -0.25) is 4.79 Å². The van der Waals surface area contributed by atoms with Crippen LogP contribution < -0.4 is 0 Å². The van der Waals surface area contributed by atoms with E-state index >= 15 is 0 Å². The molecule has 2 bridgehead atoms. The van der Waals surface area contributed by atoms with Gasteiger partial charge in [-0.2, -0.15) is 0 Å². The molecule has 2 aliphatic rings. The van der Waals surface area contributed by atoms with E-state index in [1.165, 1.54) is 19.3 Å². The Morgan fingerprint density at radius 3 is 2.69 bits per heavy atom. The first-order valence-corrected chi connectivity index (χ1v) is 9.71. The molecule has 2 nitrogen and oxygen atoms in total. The van der Waals surface area contributed by atoms with Gasteiger partial charge in [-0.15, -0.1) is 0 Å². The zero-order valence-corrected chi connectivity index (χ0v) is 11.6.